The van der Waals surface area contributed by atoms with Crippen LogP contribution < -0.4 is 20.3 Å². The Hall–Kier alpha value is -3.87. The summed E-state index contributed by atoms with van der Waals surface area (Å²) in [5.74, 6) is 1.17. The van der Waals surface area contributed by atoms with E-state index >= 15 is 0 Å². The van der Waals surface area contributed by atoms with Gasteiger partial charge in [-0.2, -0.15) is 0 Å². The summed E-state index contributed by atoms with van der Waals surface area (Å²) in [4.78, 5) is 31.6. The molecule has 2 N–H and O–H groups in total. The van der Waals surface area contributed by atoms with E-state index in [0.717, 1.165) is 35.5 Å². The van der Waals surface area contributed by atoms with Crippen LogP contribution >= 0.6 is 0 Å². The van der Waals surface area contributed by atoms with Crippen LogP contribution in [0.4, 0.5) is 22.9 Å². The predicted molar refractivity (Wildman–Crippen MR) is 160 cm³/mol. The number of rotatable bonds is 9. The lowest BCUT2D eigenvalue weighted by atomic mass is 9.95. The highest BCUT2D eigenvalue weighted by atomic mass is 16.5. The number of carbonyl (C=O) groups excluding carboxylic acids is 2. The number of benzene rings is 2. The predicted octanol–water partition coefficient (Wildman–Crippen LogP) is 7.59. The van der Waals surface area contributed by atoms with Gasteiger partial charge in [0, 0.05) is 42.2 Å². The third-order valence-electron chi connectivity index (χ3n) is 6.83. The van der Waals surface area contributed by atoms with Gasteiger partial charge in [-0.3, -0.25) is 9.59 Å². The van der Waals surface area contributed by atoms with Crippen molar-refractivity contribution < 1.29 is 14.3 Å². The number of aryl methyl sites for hydroxylation is 1. The second kappa shape index (κ2) is 14.3. The quantitative estimate of drug-likeness (QED) is 0.277. The summed E-state index contributed by atoms with van der Waals surface area (Å²) in [7, 11) is 1.94. The Morgan fingerprint density at radius 2 is 1.74 bits per heavy atom. The van der Waals surface area contributed by atoms with Gasteiger partial charge >= 0.3 is 0 Å². The highest BCUT2D eigenvalue weighted by Gasteiger charge is 2.19. The maximum absolute atomic E-state index is 12.9. The fourth-order valence-corrected chi connectivity index (χ4v) is 4.83. The number of nitrogens with one attached hydrogen (secondary N) is 2. The Morgan fingerprint density at radius 1 is 1.03 bits per heavy atom. The average molecular weight is 531 g/mol. The fourth-order valence-electron chi connectivity index (χ4n) is 4.83. The van der Waals surface area contributed by atoms with Gasteiger partial charge in [0.1, 0.15) is 11.6 Å². The van der Waals surface area contributed by atoms with E-state index in [1.807, 2.05) is 82.1 Å². The number of ketones is 1. The van der Waals surface area contributed by atoms with Gasteiger partial charge in [-0.15, -0.1) is 0 Å². The molecule has 1 heterocycles. The zero-order valence-electron chi connectivity index (χ0n) is 24.1. The molecule has 0 atom stereocenters. The van der Waals surface area contributed by atoms with Crippen molar-refractivity contribution >= 4 is 34.6 Å². The van der Waals surface area contributed by atoms with Crippen LogP contribution in [0.1, 0.15) is 86.1 Å². The molecule has 0 saturated heterocycles. The Bertz CT molecular complexity index is 1270. The minimum Gasteiger partial charge on any atom is -0.492 e. The minimum atomic E-state index is -0.0686. The Kier molecular flexibility index (Phi) is 10.9. The molecule has 1 amide bonds. The van der Waals surface area contributed by atoms with Crippen LogP contribution in [0.3, 0.4) is 0 Å². The molecule has 0 bridgehead atoms. The van der Waals surface area contributed by atoms with Crippen molar-refractivity contribution in [1.82, 2.24) is 10.3 Å². The monoisotopic (exact) mass is 530 g/mol. The number of hydrogen-bond donors (Lipinski definition) is 2. The number of hydrogen-bond acceptors (Lipinski definition) is 6. The van der Waals surface area contributed by atoms with Gasteiger partial charge in [0.2, 0.25) is 0 Å². The number of nitrogens with zero attached hydrogens (tertiary/aromatic N) is 2. The lowest BCUT2D eigenvalue weighted by Gasteiger charge is -2.24. The maximum Gasteiger partial charge on any atom is 0.251 e. The van der Waals surface area contributed by atoms with E-state index in [1.54, 1.807) is 19.2 Å². The molecule has 1 aliphatic rings. The van der Waals surface area contributed by atoms with E-state index in [2.05, 4.69) is 15.6 Å². The number of aromatic nitrogens is 1. The molecule has 7 nitrogen and oxygen atoms in total. The van der Waals surface area contributed by atoms with E-state index in [4.69, 9.17) is 4.74 Å². The molecular weight excluding hydrogens is 488 g/mol. The molecule has 208 valence electrons. The summed E-state index contributed by atoms with van der Waals surface area (Å²) in [6.45, 7) is 9.96. The van der Waals surface area contributed by atoms with Gasteiger partial charge in [0.15, 0.2) is 5.78 Å². The van der Waals surface area contributed by atoms with Gasteiger partial charge in [0.05, 0.1) is 18.0 Å². The van der Waals surface area contributed by atoms with Gasteiger partial charge in [0.25, 0.3) is 5.91 Å². The molecule has 7 heteroatoms. The lowest BCUT2D eigenvalue weighted by molar-refractivity contribution is 0.0926. The molecule has 0 radical (unpaired) electrons. The Morgan fingerprint density at radius 3 is 2.44 bits per heavy atom. The van der Waals surface area contributed by atoms with Crippen molar-refractivity contribution in [2.24, 2.45) is 0 Å². The van der Waals surface area contributed by atoms with Crippen molar-refractivity contribution in [1.29, 1.82) is 0 Å². The van der Waals surface area contributed by atoms with Crippen LogP contribution in [0, 0.1) is 6.92 Å². The summed E-state index contributed by atoms with van der Waals surface area (Å²) in [6, 6.07) is 15.2. The molecule has 1 fully saturated rings. The molecule has 0 aliphatic heterocycles. The summed E-state index contributed by atoms with van der Waals surface area (Å²) in [5.41, 5.74) is 4.71. The van der Waals surface area contributed by atoms with E-state index in [9.17, 15) is 9.59 Å². The Balaban J connectivity index is 0.00000205. The smallest absolute Gasteiger partial charge is 0.251 e. The van der Waals surface area contributed by atoms with Crippen LogP contribution in [0.5, 0.6) is 5.75 Å². The topological polar surface area (TPSA) is 83.6 Å². The number of Topliss-reactive ketones (excluding diaryl/α,β-unsaturated/α-hetero) is 1. The first-order chi connectivity index (χ1) is 18.9. The molecule has 1 aliphatic carbocycles. The number of anilines is 4. The number of para-hydroxylation sites is 1. The molecule has 0 spiro atoms. The van der Waals surface area contributed by atoms with Crippen LogP contribution in [-0.4, -0.2) is 36.4 Å². The number of carbonyl (C=O) groups is 2. The van der Waals surface area contributed by atoms with Gasteiger partial charge < -0.3 is 20.3 Å². The van der Waals surface area contributed by atoms with E-state index in [-0.39, 0.29) is 17.7 Å². The third-order valence-corrected chi connectivity index (χ3v) is 6.83. The molecule has 3 aromatic rings. The van der Waals surface area contributed by atoms with Crippen molar-refractivity contribution in [2.75, 3.05) is 23.9 Å². The normalized spacial score (nSPS) is 13.1. The minimum absolute atomic E-state index is 0.0153. The van der Waals surface area contributed by atoms with Crippen molar-refractivity contribution in [2.45, 2.75) is 72.8 Å². The SMILES string of the molecule is CC.CCOc1cc(C(=O)NC2CCCCC2)ccc1Nc1cc(N(C)c2ccccc2C(C)=O)c(C)cn1. The zero-order chi connectivity index (χ0) is 28.4. The molecule has 4 rings (SSSR count). The summed E-state index contributed by atoms with van der Waals surface area (Å²) in [5, 5.41) is 6.53. The van der Waals surface area contributed by atoms with Crippen LogP contribution in [0.15, 0.2) is 54.7 Å². The van der Waals surface area contributed by atoms with Gasteiger partial charge in [-0.1, -0.05) is 45.2 Å². The first kappa shape index (κ1) is 29.7. The Labute approximate surface area is 233 Å². The maximum atomic E-state index is 12.9. The van der Waals surface area contributed by atoms with Crippen molar-refractivity contribution in [3.8, 4) is 5.75 Å². The van der Waals surface area contributed by atoms with Crippen molar-refractivity contribution in [3.63, 3.8) is 0 Å². The van der Waals surface area contributed by atoms with E-state index in [0.29, 0.717) is 29.3 Å². The van der Waals surface area contributed by atoms with Crippen LogP contribution in [0.2, 0.25) is 0 Å². The molecule has 1 aromatic heterocycles. The molecule has 0 unspecified atom stereocenters. The number of amides is 1. The third kappa shape index (κ3) is 7.59. The average Bonchev–Trinajstić information content (AvgIpc) is 2.96. The van der Waals surface area contributed by atoms with Gasteiger partial charge in [-0.25, -0.2) is 4.98 Å². The molecule has 1 saturated carbocycles. The van der Waals surface area contributed by atoms with Gasteiger partial charge in [-0.05, 0) is 69.5 Å². The van der Waals surface area contributed by atoms with E-state index in [1.165, 1.54) is 19.3 Å². The number of ether oxygens (including phenoxy) is 1. The summed E-state index contributed by atoms with van der Waals surface area (Å²) in [6.07, 6.45) is 7.46. The standard InChI is InChI=1S/C30H36N4O3.C2H6/c1-5-37-28-17-22(30(36)32-23-11-7-6-8-12-23)15-16-25(28)33-29-18-27(20(2)19-31-29)34(4)26-14-10-9-13-24(26)21(3)35;1-2/h9-10,13-19,23H,5-8,11-12H2,1-4H3,(H,31,33)(H,32,36);1-2H3. The highest BCUT2D eigenvalue weighted by molar-refractivity contribution is 6.00. The fraction of sp³-hybridized carbons (Fsp3) is 0.406. The lowest BCUT2D eigenvalue weighted by Crippen LogP contribution is -2.36. The van der Waals surface area contributed by atoms with E-state index < -0.39 is 0 Å². The summed E-state index contributed by atoms with van der Waals surface area (Å²) < 4.78 is 5.88. The first-order valence-electron chi connectivity index (χ1n) is 14.0. The van der Waals surface area contributed by atoms with Crippen LogP contribution in [0.25, 0.3) is 0 Å². The molecule has 2 aromatic carbocycles. The second-order valence-electron chi connectivity index (χ2n) is 9.57. The zero-order valence-corrected chi connectivity index (χ0v) is 24.1. The molecule has 39 heavy (non-hydrogen) atoms. The van der Waals surface area contributed by atoms with Crippen molar-refractivity contribution in [3.05, 3.63) is 71.4 Å². The highest BCUT2D eigenvalue weighted by Crippen LogP contribution is 2.34. The molecular formula is C32H42N4O3. The first-order valence-corrected chi connectivity index (χ1v) is 14.0. The second-order valence-corrected chi connectivity index (χ2v) is 9.57. The number of pyridine rings is 1. The summed E-state index contributed by atoms with van der Waals surface area (Å²) >= 11 is 0. The van der Waals surface area contributed by atoms with Crippen LogP contribution in [-0.2, 0) is 0 Å². The largest absolute Gasteiger partial charge is 0.492 e.